The average Bonchev–Trinajstić information content (AvgIpc) is 2.69. The molecule has 1 N–H and O–H groups in total. The van der Waals surface area contributed by atoms with E-state index in [4.69, 9.17) is 0 Å². The van der Waals surface area contributed by atoms with Crippen LogP contribution in [0.2, 0.25) is 0 Å². The third-order valence-electron chi connectivity index (χ3n) is 3.90. The average molecular weight is 280 g/mol. The Bertz CT molecular complexity index is 604. The Kier molecular flexibility index (Phi) is 4.02. The second kappa shape index (κ2) is 6.10. The van der Waals surface area contributed by atoms with E-state index in [1.165, 1.54) is 11.1 Å². The zero-order valence-corrected chi connectivity index (χ0v) is 12.3. The van der Waals surface area contributed by atoms with Gasteiger partial charge in [-0.05, 0) is 42.6 Å². The topological polar surface area (TPSA) is 32.3 Å². The van der Waals surface area contributed by atoms with Crippen LogP contribution in [-0.4, -0.2) is 19.0 Å². The summed E-state index contributed by atoms with van der Waals surface area (Å²) in [5.41, 5.74) is 4.51. The molecule has 3 heteroatoms. The number of hydrogen-bond donors (Lipinski definition) is 1. The normalized spacial score (nSPS) is 13.3. The molecule has 21 heavy (non-hydrogen) atoms. The molecule has 2 aromatic rings. The number of carbonyl (C=O) groups excluding carboxylic acids is 1. The van der Waals surface area contributed by atoms with Crippen LogP contribution in [0, 0.1) is 0 Å². The fourth-order valence-electron chi connectivity index (χ4n) is 2.86. The van der Waals surface area contributed by atoms with Crippen LogP contribution in [0.5, 0.6) is 0 Å². The van der Waals surface area contributed by atoms with Gasteiger partial charge in [0.1, 0.15) is 0 Å². The molecule has 1 amide bonds. The second-order valence-corrected chi connectivity index (χ2v) is 5.27. The molecule has 0 fully saturated rings. The van der Waals surface area contributed by atoms with Gasteiger partial charge in [0, 0.05) is 0 Å². The number of fused-ring (bicyclic) bond motifs is 2. The van der Waals surface area contributed by atoms with Crippen molar-refractivity contribution in [3.05, 3.63) is 59.7 Å². The van der Waals surface area contributed by atoms with Gasteiger partial charge in [-0.2, -0.15) is 0 Å². The first-order valence-electron chi connectivity index (χ1n) is 7.50. The molecule has 0 aromatic heterocycles. The van der Waals surface area contributed by atoms with Crippen molar-refractivity contribution in [1.29, 1.82) is 0 Å². The SMILES string of the molecule is CCNCC(=O)N1c2ccccc2CCc2ccccc21. The van der Waals surface area contributed by atoms with Crippen molar-refractivity contribution in [2.24, 2.45) is 0 Å². The number of rotatable bonds is 3. The van der Waals surface area contributed by atoms with Crippen LogP contribution in [0.25, 0.3) is 0 Å². The van der Waals surface area contributed by atoms with Crippen molar-refractivity contribution in [2.45, 2.75) is 19.8 Å². The standard InChI is InChI=1S/C18H20N2O/c1-2-19-13-18(21)20-16-9-5-3-7-14(16)11-12-15-8-4-6-10-17(15)20/h3-10,19H,2,11-13H2,1H3. The number of para-hydroxylation sites is 2. The molecular formula is C18H20N2O. The minimum atomic E-state index is 0.0960. The maximum Gasteiger partial charge on any atom is 0.245 e. The Labute approximate surface area is 125 Å². The Morgan fingerprint density at radius 3 is 2.05 bits per heavy atom. The number of carbonyl (C=O) groups is 1. The van der Waals surface area contributed by atoms with Crippen LogP contribution in [0.3, 0.4) is 0 Å². The van der Waals surface area contributed by atoms with Crippen LogP contribution in [0.1, 0.15) is 18.1 Å². The van der Waals surface area contributed by atoms with E-state index in [1.54, 1.807) is 0 Å². The monoisotopic (exact) mass is 280 g/mol. The molecule has 3 nitrogen and oxygen atoms in total. The number of nitrogens with zero attached hydrogens (tertiary/aromatic N) is 1. The van der Waals surface area contributed by atoms with Gasteiger partial charge in [-0.3, -0.25) is 9.69 Å². The fourth-order valence-corrected chi connectivity index (χ4v) is 2.86. The Morgan fingerprint density at radius 1 is 1.00 bits per heavy atom. The summed E-state index contributed by atoms with van der Waals surface area (Å²) < 4.78 is 0. The van der Waals surface area contributed by atoms with Crippen LogP contribution in [0.4, 0.5) is 11.4 Å². The molecule has 3 rings (SSSR count). The molecule has 1 heterocycles. The highest BCUT2D eigenvalue weighted by Crippen LogP contribution is 2.35. The summed E-state index contributed by atoms with van der Waals surface area (Å²) in [4.78, 5) is 14.6. The van der Waals surface area contributed by atoms with E-state index in [1.807, 2.05) is 48.2 Å². The smallest absolute Gasteiger partial charge is 0.245 e. The maximum atomic E-state index is 12.7. The van der Waals surface area contributed by atoms with Gasteiger partial charge < -0.3 is 5.32 Å². The predicted octanol–water partition coefficient (Wildman–Crippen LogP) is 3.06. The number of likely N-dealkylation sites (N-methyl/N-ethyl adjacent to an activating group) is 1. The minimum absolute atomic E-state index is 0.0960. The first-order chi connectivity index (χ1) is 10.3. The third kappa shape index (κ3) is 2.69. The van der Waals surface area contributed by atoms with Crippen molar-refractivity contribution in [2.75, 3.05) is 18.0 Å². The van der Waals surface area contributed by atoms with Crippen molar-refractivity contribution < 1.29 is 4.79 Å². The lowest BCUT2D eigenvalue weighted by Gasteiger charge is -2.25. The first kappa shape index (κ1) is 13.8. The zero-order valence-electron chi connectivity index (χ0n) is 12.3. The molecule has 1 aliphatic heterocycles. The number of aryl methyl sites for hydroxylation is 2. The lowest BCUT2D eigenvalue weighted by atomic mass is 10.0. The number of nitrogens with one attached hydrogen (secondary N) is 1. The molecule has 0 aliphatic carbocycles. The van der Waals surface area contributed by atoms with Crippen LogP contribution in [0.15, 0.2) is 48.5 Å². The van der Waals surface area contributed by atoms with Crippen LogP contribution >= 0.6 is 0 Å². The molecule has 0 unspecified atom stereocenters. The molecule has 0 saturated carbocycles. The summed E-state index contributed by atoms with van der Waals surface area (Å²) in [7, 11) is 0. The van der Waals surface area contributed by atoms with E-state index in [0.717, 1.165) is 30.8 Å². The minimum Gasteiger partial charge on any atom is -0.309 e. The summed E-state index contributed by atoms with van der Waals surface area (Å²) >= 11 is 0. The van der Waals surface area contributed by atoms with E-state index in [9.17, 15) is 4.79 Å². The van der Waals surface area contributed by atoms with Gasteiger partial charge in [0.25, 0.3) is 0 Å². The van der Waals surface area contributed by atoms with Gasteiger partial charge in [-0.25, -0.2) is 0 Å². The maximum absolute atomic E-state index is 12.7. The number of hydrogen-bond acceptors (Lipinski definition) is 2. The molecule has 0 saturated heterocycles. The van der Waals surface area contributed by atoms with Crippen molar-refractivity contribution in [1.82, 2.24) is 5.32 Å². The quantitative estimate of drug-likeness (QED) is 0.937. The zero-order chi connectivity index (χ0) is 14.7. The van der Waals surface area contributed by atoms with E-state index >= 15 is 0 Å². The van der Waals surface area contributed by atoms with Crippen molar-refractivity contribution in [3.63, 3.8) is 0 Å². The molecular weight excluding hydrogens is 260 g/mol. The third-order valence-corrected chi connectivity index (χ3v) is 3.90. The summed E-state index contributed by atoms with van der Waals surface area (Å²) in [6, 6.07) is 16.4. The Morgan fingerprint density at radius 2 is 1.52 bits per heavy atom. The van der Waals surface area contributed by atoms with Crippen molar-refractivity contribution in [3.8, 4) is 0 Å². The van der Waals surface area contributed by atoms with E-state index in [2.05, 4.69) is 17.4 Å². The van der Waals surface area contributed by atoms with Gasteiger partial charge >= 0.3 is 0 Å². The van der Waals surface area contributed by atoms with Crippen molar-refractivity contribution >= 4 is 17.3 Å². The largest absolute Gasteiger partial charge is 0.309 e. The molecule has 108 valence electrons. The lowest BCUT2D eigenvalue weighted by molar-refractivity contribution is -0.117. The molecule has 0 spiro atoms. The number of amides is 1. The summed E-state index contributed by atoms with van der Waals surface area (Å²) in [6.45, 7) is 3.17. The highest BCUT2D eigenvalue weighted by molar-refractivity contribution is 6.03. The van der Waals surface area contributed by atoms with E-state index in [-0.39, 0.29) is 5.91 Å². The second-order valence-electron chi connectivity index (χ2n) is 5.27. The van der Waals surface area contributed by atoms with Gasteiger partial charge in [-0.1, -0.05) is 43.3 Å². The van der Waals surface area contributed by atoms with Crippen LogP contribution < -0.4 is 10.2 Å². The number of anilines is 2. The molecule has 0 bridgehead atoms. The summed E-state index contributed by atoms with van der Waals surface area (Å²) in [6.07, 6.45) is 1.94. The van der Waals surface area contributed by atoms with Gasteiger partial charge in [0.15, 0.2) is 0 Å². The summed E-state index contributed by atoms with van der Waals surface area (Å²) in [5.74, 6) is 0.0960. The first-order valence-corrected chi connectivity index (χ1v) is 7.50. The van der Waals surface area contributed by atoms with E-state index < -0.39 is 0 Å². The van der Waals surface area contributed by atoms with Gasteiger partial charge in [-0.15, -0.1) is 0 Å². The van der Waals surface area contributed by atoms with Gasteiger partial charge in [0.05, 0.1) is 17.9 Å². The highest BCUT2D eigenvalue weighted by Gasteiger charge is 2.24. The van der Waals surface area contributed by atoms with E-state index in [0.29, 0.717) is 6.54 Å². The summed E-state index contributed by atoms with van der Waals surface area (Å²) in [5, 5.41) is 3.14. The van der Waals surface area contributed by atoms with Gasteiger partial charge in [0.2, 0.25) is 5.91 Å². The molecule has 1 aliphatic rings. The molecule has 0 atom stereocenters. The molecule has 2 aromatic carbocycles. The molecule has 0 radical (unpaired) electrons. The highest BCUT2D eigenvalue weighted by atomic mass is 16.2. The van der Waals surface area contributed by atoms with Crippen LogP contribution in [-0.2, 0) is 17.6 Å². The fraction of sp³-hybridized carbons (Fsp3) is 0.278. The number of benzene rings is 2. The Balaban J connectivity index is 2.09. The predicted molar refractivity (Wildman–Crippen MR) is 86.0 cm³/mol. The Hall–Kier alpha value is -2.13. The lowest BCUT2D eigenvalue weighted by Crippen LogP contribution is -2.35.